The monoisotopic (exact) mass is 1240 g/mol. The van der Waals surface area contributed by atoms with Crippen molar-refractivity contribution in [2.24, 2.45) is 111 Å². The van der Waals surface area contributed by atoms with Crippen LogP contribution in [-0.4, -0.2) is 110 Å². The van der Waals surface area contributed by atoms with Crippen LogP contribution < -0.4 is 0 Å². The van der Waals surface area contributed by atoms with Crippen LogP contribution in [0.25, 0.3) is 0 Å². The lowest BCUT2D eigenvalue weighted by Crippen LogP contribution is -2.63. The number of ether oxygens (including phenoxy) is 12. The van der Waals surface area contributed by atoms with E-state index in [0.717, 1.165) is 89.9 Å². The highest BCUT2D eigenvalue weighted by Crippen LogP contribution is 2.74. The third kappa shape index (κ3) is 12.2. The highest BCUT2D eigenvalue weighted by Gasteiger charge is 2.70. The first-order chi connectivity index (χ1) is 41.6. The molecule has 2 bridgehead atoms. The highest BCUT2D eigenvalue weighted by molar-refractivity contribution is 5.77. The van der Waals surface area contributed by atoms with E-state index >= 15 is 4.79 Å². The van der Waals surface area contributed by atoms with Crippen molar-refractivity contribution in [2.45, 2.75) is 347 Å². The second kappa shape index (κ2) is 27.1. The molecule has 0 amide bonds. The van der Waals surface area contributed by atoms with E-state index in [0.29, 0.717) is 53.3 Å². The quantitative estimate of drug-likeness (QED) is 0.0779. The molecule has 36 atom stereocenters. The number of hydrogen-bond donors (Lipinski definition) is 0. The molecular weight excluding hydrogens is 1110 g/mol. The summed E-state index contributed by atoms with van der Waals surface area (Å²) in [6, 6.07) is 0. The van der Waals surface area contributed by atoms with Crippen molar-refractivity contribution in [3.05, 3.63) is 12.2 Å². The van der Waals surface area contributed by atoms with Crippen molar-refractivity contribution in [2.75, 3.05) is 0 Å². The van der Waals surface area contributed by atoms with Gasteiger partial charge in [0, 0.05) is 35.5 Å². The average molecular weight is 1240 g/mol. The lowest BCUT2D eigenvalue weighted by Gasteiger charge is -2.64. The minimum Gasteiger partial charge on any atom is -0.432 e. The van der Waals surface area contributed by atoms with Gasteiger partial charge in [-0.15, -0.1) is 0 Å². The van der Waals surface area contributed by atoms with Crippen molar-refractivity contribution in [3.8, 4) is 0 Å². The third-order valence-electron chi connectivity index (χ3n) is 28.5. The molecule has 0 aromatic heterocycles. The first-order valence-electron chi connectivity index (χ1n) is 36.7. The zero-order valence-electron chi connectivity index (χ0n) is 59.4. The van der Waals surface area contributed by atoms with Gasteiger partial charge < -0.3 is 56.8 Å². The van der Waals surface area contributed by atoms with E-state index in [1.807, 2.05) is 0 Å². The molecule has 15 unspecified atom stereocenters. The second-order valence-electron chi connectivity index (χ2n) is 32.7. The van der Waals surface area contributed by atoms with Crippen LogP contribution >= 0.6 is 0 Å². The number of esters is 1. The highest BCUT2D eigenvalue weighted by atomic mass is 16.8. The Morgan fingerprint density at radius 3 is 1.28 bits per heavy atom. The van der Waals surface area contributed by atoms with E-state index in [9.17, 15) is 0 Å². The molecule has 0 N–H and O–H groups in total. The van der Waals surface area contributed by atoms with Crippen molar-refractivity contribution in [1.82, 2.24) is 0 Å². The first kappa shape index (κ1) is 69.6. The predicted molar refractivity (Wildman–Crippen MR) is 343 cm³/mol. The summed E-state index contributed by atoms with van der Waals surface area (Å²) in [7, 11) is 0. The molecule has 1 spiro atoms. The Morgan fingerprint density at radius 2 is 0.818 bits per heavy atom. The molecule has 10 aliphatic rings. The van der Waals surface area contributed by atoms with E-state index in [4.69, 9.17) is 63.4 Å². The molecule has 0 radical (unpaired) electrons. The molecule has 88 heavy (non-hydrogen) atoms. The smallest absolute Gasteiger partial charge is 0.314 e. The lowest BCUT2D eigenvalue weighted by molar-refractivity contribution is -0.381. The van der Waals surface area contributed by atoms with Crippen molar-refractivity contribution < 1.29 is 61.6 Å². The fourth-order valence-corrected chi connectivity index (χ4v) is 20.8. The van der Waals surface area contributed by atoms with Gasteiger partial charge in [-0.25, -0.2) is 0 Å². The summed E-state index contributed by atoms with van der Waals surface area (Å²) < 4.78 is 86.5. The lowest BCUT2D eigenvalue weighted by atomic mass is 9.41. The Balaban J connectivity index is 0.919. The molecule has 10 fully saturated rings. The largest absolute Gasteiger partial charge is 0.432 e. The minimum absolute atomic E-state index is 0.00823. The zero-order valence-corrected chi connectivity index (χ0v) is 59.4. The number of carbonyl (C=O) groups excluding carboxylic acids is 1. The number of rotatable bonds is 17. The maximum Gasteiger partial charge on any atom is 0.314 e. The Kier molecular flexibility index (Phi) is 21.4. The standard InChI is InChI=1S/C75H128O13/c1-24-54-44(12)40(8)48(16)66(78-54)83-61-51(19)57(27-4)81-69(63(61)85-68-50(18)42(10)46(14)56(26-3)80-68)87-71(76)73(23)33-29-32-72(22)59(73)30-34-74-36-38(6)75(37-74,35-31-60(72)74)88-70-64(86-65-47(15)39(7)43(11)53(21)77-65)62(52(20)58(28-5)82-70)84-67-49(17)41(9)45(13)55(25-2)79-67/h39-70H,6,24-37H2,1-5,7-23H3/t39?,40?,41?,42?,43-,44+,45+,46+,47+,48+,49+,50?,51-,52-,53?,54?,55?,56?,57?,58?,59?,60+,61?,62?,63+,64+,65+,66+,67+,68+,69+,70+,72-,73-,74-,75?/m1/s1. The van der Waals surface area contributed by atoms with Crippen molar-refractivity contribution in [3.63, 3.8) is 0 Å². The Bertz CT molecular complexity index is 2350. The Hall–Kier alpha value is -1.23. The maximum atomic E-state index is 15.9. The number of hydrogen-bond acceptors (Lipinski definition) is 13. The van der Waals surface area contributed by atoms with Gasteiger partial charge in [0.15, 0.2) is 31.5 Å². The van der Waals surface area contributed by atoms with Gasteiger partial charge in [-0.3, -0.25) is 4.79 Å². The van der Waals surface area contributed by atoms with Gasteiger partial charge in [0.2, 0.25) is 6.29 Å². The fourth-order valence-electron chi connectivity index (χ4n) is 20.8. The van der Waals surface area contributed by atoms with Crippen LogP contribution in [0.2, 0.25) is 0 Å². The summed E-state index contributed by atoms with van der Waals surface area (Å²) in [4.78, 5) is 15.9. The summed E-state index contributed by atoms with van der Waals surface area (Å²) in [6.07, 6.45) is 6.82. The number of carbonyl (C=O) groups is 1. The van der Waals surface area contributed by atoms with Crippen LogP contribution in [0, 0.1) is 111 Å². The number of fused-ring (bicyclic) bond motifs is 3. The molecule has 0 aromatic carbocycles. The summed E-state index contributed by atoms with van der Waals surface area (Å²) in [5.41, 5.74) is -0.357. The molecule has 10 rings (SSSR count). The summed E-state index contributed by atoms with van der Waals surface area (Å²) in [5, 5.41) is 0. The molecule has 4 aliphatic carbocycles. The first-order valence-corrected chi connectivity index (χ1v) is 36.7. The van der Waals surface area contributed by atoms with Gasteiger partial charge in [0.05, 0.1) is 59.8 Å². The third-order valence-corrected chi connectivity index (χ3v) is 28.5. The van der Waals surface area contributed by atoms with Crippen molar-refractivity contribution >= 4 is 5.97 Å². The molecule has 0 aromatic rings. The van der Waals surface area contributed by atoms with Crippen LogP contribution in [0.1, 0.15) is 242 Å². The van der Waals surface area contributed by atoms with Crippen LogP contribution in [0.3, 0.4) is 0 Å². The van der Waals surface area contributed by atoms with Gasteiger partial charge in [-0.05, 0) is 173 Å². The molecule has 4 saturated carbocycles. The normalized spacial score (nSPS) is 55.0. The molecule has 6 saturated heterocycles. The van der Waals surface area contributed by atoms with Crippen LogP contribution in [0.15, 0.2) is 12.2 Å². The molecule has 506 valence electrons. The summed E-state index contributed by atoms with van der Waals surface area (Å²) in [5.74, 6) is 4.00. The van der Waals surface area contributed by atoms with E-state index in [2.05, 4.69) is 152 Å². The average Bonchev–Trinajstić information content (AvgIpc) is 0.951. The van der Waals surface area contributed by atoms with Crippen LogP contribution in [0.5, 0.6) is 0 Å². The Morgan fingerprint density at radius 1 is 0.432 bits per heavy atom. The van der Waals surface area contributed by atoms with Gasteiger partial charge in [-0.2, -0.15) is 0 Å². The molecule has 6 heterocycles. The Labute approximate surface area is 535 Å². The molecular formula is C75H128O13. The molecule has 13 nitrogen and oxygen atoms in total. The van der Waals surface area contributed by atoms with E-state index < -0.39 is 60.8 Å². The van der Waals surface area contributed by atoms with E-state index in [1.165, 1.54) is 5.57 Å². The molecule has 13 heteroatoms. The van der Waals surface area contributed by atoms with Crippen LogP contribution in [0.4, 0.5) is 0 Å². The SMILES string of the molecule is C=C1C[C@@]23CCC4[C@](C)(C(=O)O[C@@H]5OC(CC)[C@@H](C)C(O[C@@H]6OC(CC)[C@@H](C)C(C)[C@@H]6C)[C@@H]5O[C@@H]5OC(CC)[C@@H](C)C(C)C5C)CCC[C@@]4(C)[C@@H]2CCC1(O[C@@H]1OC(CC)[C@@H](C)C(O[C@@H]2OC(CC)[C@@H](C)C(C)[C@@H]2C)[C@@H]1O[C@@H]1OC(C)[C@H](C)C(C)[C@@H]1C)C3. The molecule has 6 aliphatic heterocycles. The zero-order chi connectivity index (χ0) is 64.0. The summed E-state index contributed by atoms with van der Waals surface area (Å²) >= 11 is 0. The van der Waals surface area contributed by atoms with Crippen molar-refractivity contribution in [1.29, 1.82) is 0 Å². The topological polar surface area (TPSA) is 128 Å². The predicted octanol–water partition coefficient (Wildman–Crippen LogP) is 16.5. The van der Waals surface area contributed by atoms with Gasteiger partial charge in [0.25, 0.3) is 0 Å². The van der Waals surface area contributed by atoms with Gasteiger partial charge >= 0.3 is 5.97 Å². The van der Waals surface area contributed by atoms with E-state index in [-0.39, 0.29) is 107 Å². The maximum absolute atomic E-state index is 15.9. The van der Waals surface area contributed by atoms with Gasteiger partial charge in [0.1, 0.15) is 12.2 Å². The van der Waals surface area contributed by atoms with Gasteiger partial charge in [-0.1, -0.05) is 151 Å². The van der Waals surface area contributed by atoms with E-state index in [1.54, 1.807) is 0 Å². The van der Waals surface area contributed by atoms with Crippen LogP contribution in [-0.2, 0) is 61.6 Å². The fraction of sp³-hybridized carbons (Fsp3) is 0.960. The summed E-state index contributed by atoms with van der Waals surface area (Å²) in [6.45, 7) is 55.1. The second-order valence-corrected chi connectivity index (χ2v) is 32.7. The minimum atomic E-state index is -0.996.